The predicted molar refractivity (Wildman–Crippen MR) is 138 cm³/mol. The molecule has 0 saturated heterocycles. The van der Waals surface area contributed by atoms with Crippen LogP contribution < -0.4 is 9.47 Å². The van der Waals surface area contributed by atoms with E-state index in [0.717, 1.165) is 27.7 Å². The van der Waals surface area contributed by atoms with E-state index in [-0.39, 0.29) is 13.2 Å². The van der Waals surface area contributed by atoms with Gasteiger partial charge in [0.25, 0.3) is 0 Å². The Balaban J connectivity index is 1.50. The van der Waals surface area contributed by atoms with Gasteiger partial charge in [-0.05, 0) is 72.1 Å². The van der Waals surface area contributed by atoms with Crippen molar-refractivity contribution in [3.63, 3.8) is 0 Å². The summed E-state index contributed by atoms with van der Waals surface area (Å²) in [4.78, 5) is 18.5. The van der Waals surface area contributed by atoms with Crippen LogP contribution in [0.3, 0.4) is 0 Å². The molecule has 0 fully saturated rings. The van der Waals surface area contributed by atoms with E-state index in [2.05, 4.69) is 4.98 Å². The van der Waals surface area contributed by atoms with E-state index in [0.29, 0.717) is 34.5 Å². The van der Waals surface area contributed by atoms with Crippen LogP contribution in [0, 0.1) is 0 Å². The molecule has 2 atom stereocenters. The molecule has 3 aromatic carbocycles. The predicted octanol–water partition coefficient (Wildman–Crippen LogP) is 5.35. The molecule has 0 radical (unpaired) electrons. The summed E-state index contributed by atoms with van der Waals surface area (Å²) >= 11 is 12.2. The SMILES string of the molecule is O=C(Oc1ccc(Cl)cc1)N1CCc2c([nH]c3ccc(Cl)cc23)C1c1ccc(OC[C@@H](O)CO)cc1. The van der Waals surface area contributed by atoms with Gasteiger partial charge in [0, 0.05) is 33.2 Å². The van der Waals surface area contributed by atoms with Crippen LogP contribution in [0.4, 0.5) is 4.79 Å². The number of aliphatic hydroxyl groups is 2. The minimum Gasteiger partial charge on any atom is -0.491 e. The molecule has 1 aromatic heterocycles. The van der Waals surface area contributed by atoms with E-state index in [1.807, 2.05) is 30.3 Å². The lowest BCUT2D eigenvalue weighted by Gasteiger charge is -2.35. The highest BCUT2D eigenvalue weighted by molar-refractivity contribution is 6.31. The number of aliphatic hydroxyl groups excluding tert-OH is 2. The number of H-pyrrole nitrogens is 1. The molecule has 4 aromatic rings. The fraction of sp³-hybridized carbons (Fsp3) is 0.222. The number of amides is 1. The zero-order valence-electron chi connectivity index (χ0n) is 19.2. The van der Waals surface area contributed by atoms with Gasteiger partial charge in [0.05, 0.1) is 6.61 Å². The van der Waals surface area contributed by atoms with Gasteiger partial charge in [0.2, 0.25) is 0 Å². The Bertz CT molecular complexity index is 1370. The highest BCUT2D eigenvalue weighted by Crippen LogP contribution is 2.40. The van der Waals surface area contributed by atoms with Gasteiger partial charge in [-0.25, -0.2) is 4.79 Å². The first-order valence-electron chi connectivity index (χ1n) is 11.5. The second-order valence-electron chi connectivity index (χ2n) is 8.59. The van der Waals surface area contributed by atoms with Crippen LogP contribution in [0.2, 0.25) is 10.0 Å². The van der Waals surface area contributed by atoms with Crippen molar-refractivity contribution in [3.05, 3.63) is 93.6 Å². The van der Waals surface area contributed by atoms with E-state index in [9.17, 15) is 9.90 Å². The average Bonchev–Trinajstić information content (AvgIpc) is 3.26. The number of hydrogen-bond donors (Lipinski definition) is 3. The van der Waals surface area contributed by atoms with Crippen LogP contribution in [0.1, 0.15) is 22.9 Å². The van der Waals surface area contributed by atoms with E-state index in [4.69, 9.17) is 37.8 Å². The topological polar surface area (TPSA) is 95.0 Å². The highest BCUT2D eigenvalue weighted by Gasteiger charge is 2.35. The van der Waals surface area contributed by atoms with Gasteiger partial charge in [-0.15, -0.1) is 0 Å². The molecule has 2 heterocycles. The van der Waals surface area contributed by atoms with Gasteiger partial charge < -0.3 is 24.7 Å². The molecule has 3 N–H and O–H groups in total. The normalized spacial score (nSPS) is 16.0. The van der Waals surface area contributed by atoms with Gasteiger partial charge in [0.15, 0.2) is 0 Å². The number of fused-ring (bicyclic) bond motifs is 3. The fourth-order valence-corrected chi connectivity index (χ4v) is 4.76. The molecule has 0 spiro atoms. The number of rotatable bonds is 6. The third kappa shape index (κ3) is 5.01. The number of carbonyl (C=O) groups is 1. The Hall–Kier alpha value is -3.23. The number of aromatic amines is 1. The Labute approximate surface area is 217 Å². The summed E-state index contributed by atoms with van der Waals surface area (Å²) < 4.78 is 11.2. The Morgan fingerprint density at radius 3 is 2.44 bits per heavy atom. The van der Waals surface area contributed by atoms with Crippen molar-refractivity contribution in [1.29, 1.82) is 0 Å². The van der Waals surface area contributed by atoms with Gasteiger partial charge in [0.1, 0.15) is 30.3 Å². The smallest absolute Gasteiger partial charge is 0.416 e. The van der Waals surface area contributed by atoms with Crippen molar-refractivity contribution >= 4 is 40.2 Å². The first-order chi connectivity index (χ1) is 17.4. The van der Waals surface area contributed by atoms with Crippen molar-refractivity contribution in [2.24, 2.45) is 0 Å². The summed E-state index contributed by atoms with van der Waals surface area (Å²) in [6.07, 6.45) is -0.791. The minimum atomic E-state index is -0.957. The van der Waals surface area contributed by atoms with E-state index in [1.165, 1.54) is 0 Å². The molecule has 1 aliphatic heterocycles. The zero-order chi connectivity index (χ0) is 25.2. The summed E-state index contributed by atoms with van der Waals surface area (Å²) in [6.45, 7) is 0.0499. The number of carbonyl (C=O) groups excluding carboxylic acids is 1. The summed E-state index contributed by atoms with van der Waals surface area (Å²) in [7, 11) is 0. The van der Waals surface area contributed by atoms with Crippen LogP contribution >= 0.6 is 23.2 Å². The number of nitrogens with zero attached hydrogens (tertiary/aromatic N) is 1. The zero-order valence-corrected chi connectivity index (χ0v) is 20.7. The summed E-state index contributed by atoms with van der Waals surface area (Å²) in [5.41, 5.74) is 3.81. The van der Waals surface area contributed by atoms with Crippen molar-refractivity contribution in [2.45, 2.75) is 18.6 Å². The summed E-state index contributed by atoms with van der Waals surface area (Å²) in [6, 6.07) is 19.2. The number of nitrogens with one attached hydrogen (secondary N) is 1. The molecule has 0 saturated carbocycles. The second-order valence-corrected chi connectivity index (χ2v) is 9.46. The standard InChI is InChI=1S/C27H24Cl2N2O5/c28-17-3-8-21(9-4-17)36-27(34)31-12-11-22-23-13-18(29)5-10-24(23)30-25(22)26(31)16-1-6-20(7-2-16)35-15-19(33)14-32/h1-10,13,19,26,30,32-33H,11-12,14-15H2/t19-,26?/m0/s1. The van der Waals surface area contributed by atoms with Gasteiger partial charge in [-0.2, -0.15) is 0 Å². The fourth-order valence-electron chi connectivity index (χ4n) is 4.46. The molecular weight excluding hydrogens is 503 g/mol. The first-order valence-corrected chi connectivity index (χ1v) is 12.2. The molecular formula is C27H24Cl2N2O5. The maximum absolute atomic E-state index is 13.4. The quantitative estimate of drug-likeness (QED) is 0.314. The Morgan fingerprint density at radius 1 is 1.03 bits per heavy atom. The maximum Gasteiger partial charge on any atom is 0.416 e. The van der Waals surface area contributed by atoms with E-state index < -0.39 is 18.2 Å². The van der Waals surface area contributed by atoms with Gasteiger partial charge in [-0.1, -0.05) is 35.3 Å². The third-order valence-corrected chi connectivity index (χ3v) is 6.68. The molecule has 0 bridgehead atoms. The number of halogens is 2. The average molecular weight is 527 g/mol. The molecule has 1 unspecified atom stereocenters. The van der Waals surface area contributed by atoms with Crippen LogP contribution in [0.25, 0.3) is 10.9 Å². The second kappa shape index (κ2) is 10.4. The number of ether oxygens (including phenoxy) is 2. The maximum atomic E-state index is 13.4. The lowest BCUT2D eigenvalue weighted by atomic mass is 9.92. The first kappa shape index (κ1) is 24.5. The monoisotopic (exact) mass is 526 g/mol. The Kier molecular flexibility index (Phi) is 7.07. The molecule has 186 valence electrons. The molecule has 7 nitrogen and oxygen atoms in total. The van der Waals surface area contributed by atoms with E-state index in [1.54, 1.807) is 41.3 Å². The number of aromatic nitrogens is 1. The number of benzene rings is 3. The minimum absolute atomic E-state index is 0.0221. The van der Waals surface area contributed by atoms with Gasteiger partial charge in [-0.3, -0.25) is 4.90 Å². The van der Waals surface area contributed by atoms with Crippen LogP contribution in [-0.4, -0.2) is 52.1 Å². The van der Waals surface area contributed by atoms with Crippen molar-refractivity contribution in [3.8, 4) is 11.5 Å². The molecule has 0 aliphatic carbocycles. The third-order valence-electron chi connectivity index (χ3n) is 6.19. The van der Waals surface area contributed by atoms with E-state index >= 15 is 0 Å². The molecule has 9 heteroatoms. The van der Waals surface area contributed by atoms with Crippen LogP contribution in [-0.2, 0) is 6.42 Å². The molecule has 5 rings (SSSR count). The number of hydrogen-bond acceptors (Lipinski definition) is 5. The highest BCUT2D eigenvalue weighted by atomic mass is 35.5. The molecule has 1 amide bonds. The van der Waals surface area contributed by atoms with Gasteiger partial charge >= 0.3 is 6.09 Å². The Morgan fingerprint density at radius 2 is 1.72 bits per heavy atom. The van der Waals surface area contributed by atoms with Crippen LogP contribution in [0.5, 0.6) is 11.5 Å². The van der Waals surface area contributed by atoms with Crippen LogP contribution in [0.15, 0.2) is 66.7 Å². The summed E-state index contributed by atoms with van der Waals surface area (Å²) in [5, 5.41) is 20.8. The largest absolute Gasteiger partial charge is 0.491 e. The van der Waals surface area contributed by atoms with Crippen molar-refractivity contribution < 1.29 is 24.5 Å². The molecule has 36 heavy (non-hydrogen) atoms. The lowest BCUT2D eigenvalue weighted by molar-refractivity contribution is 0.0536. The van der Waals surface area contributed by atoms with Crippen molar-refractivity contribution in [2.75, 3.05) is 19.8 Å². The lowest BCUT2D eigenvalue weighted by Crippen LogP contribution is -2.42. The summed E-state index contributed by atoms with van der Waals surface area (Å²) in [5.74, 6) is 0.949. The molecule has 1 aliphatic rings. The van der Waals surface area contributed by atoms with Crippen molar-refractivity contribution in [1.82, 2.24) is 9.88 Å².